The number of halogens is 1. The minimum absolute atomic E-state index is 0.185. The van der Waals surface area contributed by atoms with Crippen molar-refractivity contribution >= 4 is 29.4 Å². The summed E-state index contributed by atoms with van der Waals surface area (Å²) in [6, 6.07) is 7.15. The molecule has 82 valence electrons. The van der Waals surface area contributed by atoms with Gasteiger partial charge in [-0.05, 0) is 17.7 Å². The second-order valence-corrected chi connectivity index (χ2v) is 3.64. The van der Waals surface area contributed by atoms with Gasteiger partial charge in [-0.3, -0.25) is 20.2 Å². The molecule has 2 amide bonds. The third kappa shape index (κ3) is 2.38. The van der Waals surface area contributed by atoms with Crippen LogP contribution in [0.1, 0.15) is 5.56 Å². The summed E-state index contributed by atoms with van der Waals surface area (Å²) in [4.78, 5) is 25.7. The van der Waals surface area contributed by atoms with E-state index < -0.39 is 11.8 Å². The summed E-state index contributed by atoms with van der Waals surface area (Å²) in [6.07, 6.45) is 0. The van der Waals surface area contributed by atoms with Crippen LogP contribution in [0.5, 0.6) is 0 Å². The van der Waals surface area contributed by atoms with Crippen LogP contribution in [0.3, 0.4) is 0 Å². The molecule has 0 radical (unpaired) electrons. The second-order valence-electron chi connectivity index (χ2n) is 3.20. The lowest BCUT2D eigenvalue weighted by molar-refractivity contribution is -0.135. The summed E-state index contributed by atoms with van der Waals surface area (Å²) >= 11 is 5.73. The molecular formula is C10H8ClN3O2. The average Bonchev–Trinajstić information content (AvgIpc) is 2.58. The Balaban J connectivity index is 2.02. The minimum Gasteiger partial charge on any atom is -0.288 e. The number of nitrogens with zero attached hydrogens (tertiary/aromatic N) is 1. The van der Waals surface area contributed by atoms with Crippen LogP contribution >= 0.6 is 11.6 Å². The highest BCUT2D eigenvalue weighted by atomic mass is 35.5. The van der Waals surface area contributed by atoms with Crippen molar-refractivity contribution in [3.63, 3.8) is 0 Å². The van der Waals surface area contributed by atoms with Gasteiger partial charge in [-0.2, -0.15) is 0 Å². The maximum Gasteiger partial charge on any atom is 0.316 e. The van der Waals surface area contributed by atoms with Gasteiger partial charge in [-0.25, -0.2) is 4.99 Å². The minimum atomic E-state index is -0.685. The molecule has 0 saturated carbocycles. The molecule has 1 heterocycles. The van der Waals surface area contributed by atoms with E-state index in [1.807, 2.05) is 12.1 Å². The third-order valence-electron chi connectivity index (χ3n) is 2.00. The fraction of sp³-hybridized carbons (Fsp3) is 0.100. The summed E-state index contributed by atoms with van der Waals surface area (Å²) in [7, 11) is 0. The third-order valence-corrected chi connectivity index (χ3v) is 2.26. The average molecular weight is 238 g/mol. The highest BCUT2D eigenvalue weighted by molar-refractivity contribution is 6.45. The Hall–Kier alpha value is -1.88. The number of hydrogen-bond donors (Lipinski definition) is 2. The summed E-state index contributed by atoms with van der Waals surface area (Å²) < 4.78 is 0. The molecule has 1 saturated heterocycles. The summed E-state index contributed by atoms with van der Waals surface area (Å²) in [5.41, 5.74) is 0.937. The van der Waals surface area contributed by atoms with Crippen LogP contribution in [0, 0.1) is 0 Å². The molecule has 16 heavy (non-hydrogen) atoms. The molecule has 0 bridgehead atoms. The van der Waals surface area contributed by atoms with Crippen molar-refractivity contribution in [1.82, 2.24) is 10.6 Å². The Morgan fingerprint density at radius 1 is 1.06 bits per heavy atom. The molecule has 0 aliphatic carbocycles. The molecule has 0 atom stereocenters. The number of guanidine groups is 1. The van der Waals surface area contributed by atoms with Crippen LogP contribution in [0.15, 0.2) is 29.3 Å². The quantitative estimate of drug-likeness (QED) is 0.733. The highest BCUT2D eigenvalue weighted by Gasteiger charge is 2.24. The lowest BCUT2D eigenvalue weighted by atomic mass is 10.2. The number of rotatable bonds is 2. The van der Waals surface area contributed by atoms with Crippen LogP contribution in [0.25, 0.3) is 0 Å². The maximum absolute atomic E-state index is 10.8. The number of aliphatic imine (C=N–C) groups is 1. The first kappa shape index (κ1) is 10.6. The highest BCUT2D eigenvalue weighted by Crippen LogP contribution is 2.10. The zero-order valence-electron chi connectivity index (χ0n) is 8.16. The molecule has 6 heteroatoms. The van der Waals surface area contributed by atoms with Crippen molar-refractivity contribution in [1.29, 1.82) is 0 Å². The van der Waals surface area contributed by atoms with Crippen LogP contribution < -0.4 is 10.6 Å². The van der Waals surface area contributed by atoms with Crippen molar-refractivity contribution in [2.45, 2.75) is 6.54 Å². The Labute approximate surface area is 96.5 Å². The van der Waals surface area contributed by atoms with Crippen LogP contribution in [-0.4, -0.2) is 17.8 Å². The predicted molar refractivity (Wildman–Crippen MR) is 58.9 cm³/mol. The number of amides is 2. The zero-order valence-corrected chi connectivity index (χ0v) is 8.91. The molecule has 1 fully saturated rings. The molecule has 1 aromatic carbocycles. The Morgan fingerprint density at radius 3 is 2.19 bits per heavy atom. The van der Waals surface area contributed by atoms with E-state index in [0.717, 1.165) is 5.56 Å². The first-order valence-electron chi connectivity index (χ1n) is 4.56. The van der Waals surface area contributed by atoms with E-state index in [0.29, 0.717) is 11.6 Å². The van der Waals surface area contributed by atoms with Gasteiger partial charge in [0.15, 0.2) is 0 Å². The van der Waals surface area contributed by atoms with Gasteiger partial charge in [0.25, 0.3) is 0 Å². The number of carbonyl (C=O) groups is 2. The number of hydrogen-bond acceptors (Lipinski definition) is 3. The maximum atomic E-state index is 10.8. The normalized spacial score (nSPS) is 14.7. The first-order chi connectivity index (χ1) is 7.65. The Bertz CT molecular complexity index is 449. The molecule has 0 aromatic heterocycles. The van der Waals surface area contributed by atoms with Crippen molar-refractivity contribution in [3.8, 4) is 0 Å². The SMILES string of the molecule is O=C1NC(=NCc2ccc(Cl)cc2)NC1=O. The lowest BCUT2D eigenvalue weighted by Gasteiger charge is -1.98. The molecule has 0 spiro atoms. The molecule has 2 N–H and O–H groups in total. The van der Waals surface area contributed by atoms with Crippen LogP contribution in [-0.2, 0) is 16.1 Å². The summed E-state index contributed by atoms with van der Waals surface area (Å²) in [6.45, 7) is 0.368. The molecule has 1 aromatic rings. The van der Waals surface area contributed by atoms with E-state index in [9.17, 15) is 9.59 Å². The summed E-state index contributed by atoms with van der Waals surface area (Å²) in [5.74, 6) is -1.19. The molecule has 5 nitrogen and oxygen atoms in total. The van der Waals surface area contributed by atoms with Gasteiger partial charge in [-0.15, -0.1) is 0 Å². The van der Waals surface area contributed by atoms with Crippen molar-refractivity contribution in [2.24, 2.45) is 4.99 Å². The molecule has 1 aliphatic rings. The van der Waals surface area contributed by atoms with Crippen LogP contribution in [0.2, 0.25) is 5.02 Å². The summed E-state index contributed by atoms with van der Waals surface area (Å²) in [5, 5.41) is 5.27. The monoisotopic (exact) mass is 237 g/mol. The molecule has 1 aliphatic heterocycles. The molecule has 0 unspecified atom stereocenters. The fourth-order valence-corrected chi connectivity index (χ4v) is 1.33. The number of benzene rings is 1. The van der Waals surface area contributed by atoms with E-state index >= 15 is 0 Å². The number of nitrogens with one attached hydrogen (secondary N) is 2. The fourth-order valence-electron chi connectivity index (χ4n) is 1.20. The topological polar surface area (TPSA) is 70.6 Å². The first-order valence-corrected chi connectivity index (χ1v) is 4.94. The van der Waals surface area contributed by atoms with E-state index in [2.05, 4.69) is 15.6 Å². The molecule has 2 rings (SSSR count). The standard InChI is InChI=1S/C10H8ClN3O2/c11-7-3-1-6(2-4-7)5-12-10-13-8(15)9(16)14-10/h1-4H,5H2,(H2,12,13,14,15,16). The van der Waals surface area contributed by atoms with Gasteiger partial charge in [0.1, 0.15) is 0 Å². The van der Waals surface area contributed by atoms with Crippen molar-refractivity contribution < 1.29 is 9.59 Å². The van der Waals surface area contributed by atoms with Gasteiger partial charge in [-0.1, -0.05) is 23.7 Å². The van der Waals surface area contributed by atoms with E-state index in [-0.39, 0.29) is 5.96 Å². The van der Waals surface area contributed by atoms with Gasteiger partial charge in [0.05, 0.1) is 6.54 Å². The van der Waals surface area contributed by atoms with E-state index in [4.69, 9.17) is 11.6 Å². The second kappa shape index (κ2) is 4.32. The van der Waals surface area contributed by atoms with Crippen LogP contribution in [0.4, 0.5) is 0 Å². The predicted octanol–water partition coefficient (Wildman–Crippen LogP) is 0.442. The Morgan fingerprint density at radius 2 is 1.62 bits per heavy atom. The number of carbonyl (C=O) groups excluding carboxylic acids is 2. The van der Waals surface area contributed by atoms with Gasteiger partial charge in [0, 0.05) is 5.02 Å². The van der Waals surface area contributed by atoms with Crippen molar-refractivity contribution in [2.75, 3.05) is 0 Å². The molecular weight excluding hydrogens is 230 g/mol. The van der Waals surface area contributed by atoms with Crippen molar-refractivity contribution in [3.05, 3.63) is 34.9 Å². The lowest BCUT2D eigenvalue weighted by Crippen LogP contribution is -2.25. The zero-order chi connectivity index (χ0) is 11.5. The van der Waals surface area contributed by atoms with E-state index in [1.165, 1.54) is 0 Å². The van der Waals surface area contributed by atoms with Gasteiger partial charge >= 0.3 is 11.8 Å². The van der Waals surface area contributed by atoms with E-state index in [1.54, 1.807) is 12.1 Å². The van der Waals surface area contributed by atoms with Gasteiger partial charge in [0.2, 0.25) is 5.96 Å². The van der Waals surface area contributed by atoms with Gasteiger partial charge < -0.3 is 0 Å². The smallest absolute Gasteiger partial charge is 0.288 e. The largest absolute Gasteiger partial charge is 0.316 e. The Kier molecular flexibility index (Phi) is 2.87.